The number of carbonyl (C=O) groups is 1. The number of benzene rings is 2. The number of anilines is 4. The van der Waals surface area contributed by atoms with E-state index in [9.17, 15) is 18.0 Å². The number of nitrogens with zero attached hydrogens (tertiary/aromatic N) is 2. The van der Waals surface area contributed by atoms with Crippen LogP contribution in [0.4, 0.5) is 36.3 Å². The van der Waals surface area contributed by atoms with Crippen molar-refractivity contribution < 1.29 is 18.0 Å². The van der Waals surface area contributed by atoms with Gasteiger partial charge in [-0.1, -0.05) is 39.0 Å². The normalized spacial score (nSPS) is 15.2. The summed E-state index contributed by atoms with van der Waals surface area (Å²) in [5, 5.41) is 6.09. The van der Waals surface area contributed by atoms with Gasteiger partial charge in [0.2, 0.25) is 5.95 Å². The largest absolute Gasteiger partial charge is 0.416 e. The molecule has 1 aromatic heterocycles. The number of nitrogens with one attached hydrogen (secondary N) is 2. The Morgan fingerprint density at radius 2 is 1.70 bits per heavy atom. The summed E-state index contributed by atoms with van der Waals surface area (Å²) in [7, 11) is 0. The number of hydrogen-bond donors (Lipinski definition) is 2. The Bertz CT molecular complexity index is 1190. The van der Waals surface area contributed by atoms with Crippen molar-refractivity contribution >= 4 is 28.9 Å². The first-order valence-corrected chi connectivity index (χ1v) is 10.8. The molecule has 8 heteroatoms. The molecule has 5 nitrogen and oxygen atoms in total. The SMILES string of the molecule is CCc1ccc(Nc2nc3c(c(Nc4cccc(C(F)(F)F)c4)n2)C(=O)CC(C)(C)C3)cc1. The molecule has 2 N–H and O–H groups in total. The molecule has 2 aromatic carbocycles. The number of alkyl halides is 3. The van der Waals surface area contributed by atoms with Gasteiger partial charge in [-0.05, 0) is 54.2 Å². The summed E-state index contributed by atoms with van der Waals surface area (Å²) in [4.78, 5) is 22.0. The fraction of sp³-hybridized carbons (Fsp3) is 0.320. The van der Waals surface area contributed by atoms with Crippen LogP contribution in [0, 0.1) is 5.41 Å². The van der Waals surface area contributed by atoms with Gasteiger partial charge in [0.1, 0.15) is 5.82 Å². The standard InChI is InChI=1S/C25H25F3N4O/c1-4-15-8-10-17(11-9-15)30-23-31-19-13-24(2,3)14-20(33)21(19)22(32-23)29-18-7-5-6-16(12-18)25(26,27)28/h5-12H,4,13-14H2,1-3H3,(H2,29,30,31,32). The van der Waals surface area contributed by atoms with Gasteiger partial charge in [-0.3, -0.25) is 4.79 Å². The van der Waals surface area contributed by atoms with Crippen molar-refractivity contribution in [1.29, 1.82) is 0 Å². The van der Waals surface area contributed by atoms with E-state index in [4.69, 9.17) is 0 Å². The number of ketones is 1. The van der Waals surface area contributed by atoms with Gasteiger partial charge in [0.05, 0.1) is 16.8 Å². The summed E-state index contributed by atoms with van der Waals surface area (Å²) in [6.07, 6.45) is -2.69. The van der Waals surface area contributed by atoms with E-state index in [1.807, 2.05) is 38.1 Å². The summed E-state index contributed by atoms with van der Waals surface area (Å²) in [5.74, 6) is 0.347. The number of aromatic nitrogens is 2. The minimum absolute atomic E-state index is 0.130. The molecular weight excluding hydrogens is 429 g/mol. The zero-order valence-corrected chi connectivity index (χ0v) is 18.7. The molecule has 3 aromatic rings. The lowest BCUT2D eigenvalue weighted by molar-refractivity contribution is -0.137. The number of Topliss-reactive ketones (excluding diaryl/α,β-unsaturated/α-hetero) is 1. The van der Waals surface area contributed by atoms with Gasteiger partial charge in [-0.2, -0.15) is 18.2 Å². The smallest absolute Gasteiger partial charge is 0.339 e. The molecule has 1 aliphatic rings. The van der Waals surface area contributed by atoms with Gasteiger partial charge in [-0.15, -0.1) is 0 Å². The third kappa shape index (κ3) is 5.16. The van der Waals surface area contributed by atoms with Crippen molar-refractivity contribution in [1.82, 2.24) is 9.97 Å². The molecule has 0 saturated heterocycles. The number of hydrogen-bond acceptors (Lipinski definition) is 5. The Hall–Kier alpha value is -3.42. The zero-order chi connectivity index (χ0) is 23.8. The highest BCUT2D eigenvalue weighted by Gasteiger charge is 2.35. The predicted molar refractivity (Wildman–Crippen MR) is 122 cm³/mol. The molecule has 0 radical (unpaired) electrons. The van der Waals surface area contributed by atoms with Gasteiger partial charge in [0, 0.05) is 17.8 Å². The molecule has 0 amide bonds. The van der Waals surface area contributed by atoms with E-state index < -0.39 is 11.7 Å². The Kier molecular flexibility index (Phi) is 5.86. The van der Waals surface area contributed by atoms with Crippen LogP contribution >= 0.6 is 0 Å². The van der Waals surface area contributed by atoms with Crippen LogP contribution in [0.2, 0.25) is 0 Å². The maximum Gasteiger partial charge on any atom is 0.416 e. The molecule has 0 atom stereocenters. The number of aryl methyl sites for hydroxylation is 1. The van der Waals surface area contributed by atoms with Gasteiger partial charge >= 0.3 is 6.18 Å². The number of carbonyl (C=O) groups excluding carboxylic acids is 1. The third-order valence-electron chi connectivity index (χ3n) is 5.62. The van der Waals surface area contributed by atoms with E-state index in [0.717, 1.165) is 24.2 Å². The van der Waals surface area contributed by atoms with Gasteiger partial charge in [0.15, 0.2) is 5.78 Å². The lowest BCUT2D eigenvalue weighted by Crippen LogP contribution is -2.29. The first-order chi connectivity index (χ1) is 15.5. The summed E-state index contributed by atoms with van der Waals surface area (Å²) >= 11 is 0. The summed E-state index contributed by atoms with van der Waals surface area (Å²) in [6.45, 7) is 6.05. The van der Waals surface area contributed by atoms with E-state index in [2.05, 4.69) is 27.5 Å². The first kappa shape index (κ1) is 22.8. The second-order valence-electron chi connectivity index (χ2n) is 9.04. The van der Waals surface area contributed by atoms with Crippen molar-refractivity contribution in [3.05, 3.63) is 70.9 Å². The van der Waals surface area contributed by atoms with Gasteiger partial charge < -0.3 is 10.6 Å². The predicted octanol–water partition coefficient (Wildman–Crippen LogP) is 6.70. The highest BCUT2D eigenvalue weighted by atomic mass is 19.4. The Morgan fingerprint density at radius 1 is 0.970 bits per heavy atom. The number of rotatable bonds is 5. The molecule has 1 heterocycles. The lowest BCUT2D eigenvalue weighted by atomic mass is 9.75. The minimum atomic E-state index is -4.47. The third-order valence-corrected chi connectivity index (χ3v) is 5.62. The van der Waals surface area contributed by atoms with Crippen LogP contribution in [0.15, 0.2) is 48.5 Å². The van der Waals surface area contributed by atoms with Crippen LogP contribution in [0.5, 0.6) is 0 Å². The highest BCUT2D eigenvalue weighted by Crippen LogP contribution is 2.38. The Labute approximate surface area is 190 Å². The molecule has 172 valence electrons. The van der Waals surface area contributed by atoms with Crippen molar-refractivity contribution in [3.8, 4) is 0 Å². The molecule has 4 rings (SSSR count). The van der Waals surface area contributed by atoms with E-state index >= 15 is 0 Å². The molecule has 0 fully saturated rings. The van der Waals surface area contributed by atoms with Crippen molar-refractivity contribution in [3.63, 3.8) is 0 Å². The average molecular weight is 454 g/mol. The van der Waals surface area contributed by atoms with Crippen molar-refractivity contribution in [2.24, 2.45) is 5.41 Å². The summed E-state index contributed by atoms with van der Waals surface area (Å²) < 4.78 is 39.5. The monoisotopic (exact) mass is 454 g/mol. The van der Waals surface area contributed by atoms with Crippen LogP contribution in [0.25, 0.3) is 0 Å². The van der Waals surface area contributed by atoms with E-state index in [-0.39, 0.29) is 28.7 Å². The molecule has 1 aliphatic carbocycles. The molecule has 0 spiro atoms. The molecular formula is C25H25F3N4O. The molecule has 0 unspecified atom stereocenters. The first-order valence-electron chi connectivity index (χ1n) is 10.8. The Morgan fingerprint density at radius 3 is 2.36 bits per heavy atom. The summed E-state index contributed by atoms with van der Waals surface area (Å²) in [6, 6.07) is 12.6. The van der Waals surface area contributed by atoms with Crippen molar-refractivity contribution in [2.45, 2.75) is 46.2 Å². The van der Waals surface area contributed by atoms with Crippen molar-refractivity contribution in [2.75, 3.05) is 10.6 Å². The maximum absolute atomic E-state index is 13.2. The van der Waals surface area contributed by atoms with Crippen LogP contribution in [0.1, 0.15) is 54.4 Å². The topological polar surface area (TPSA) is 66.9 Å². The van der Waals surface area contributed by atoms with Crippen LogP contribution in [-0.2, 0) is 19.0 Å². The van der Waals surface area contributed by atoms with E-state index in [0.29, 0.717) is 24.1 Å². The second kappa shape index (κ2) is 8.50. The number of fused-ring (bicyclic) bond motifs is 1. The molecule has 0 aliphatic heterocycles. The maximum atomic E-state index is 13.2. The second-order valence-corrected chi connectivity index (χ2v) is 9.04. The summed E-state index contributed by atoms with van der Waals surface area (Å²) in [5.41, 5.74) is 2.02. The van der Waals surface area contributed by atoms with Crippen LogP contribution in [0.3, 0.4) is 0 Å². The van der Waals surface area contributed by atoms with E-state index in [1.165, 1.54) is 17.7 Å². The molecule has 0 saturated carbocycles. The quantitative estimate of drug-likeness (QED) is 0.449. The highest BCUT2D eigenvalue weighted by molar-refractivity contribution is 6.03. The van der Waals surface area contributed by atoms with Crippen LogP contribution < -0.4 is 10.6 Å². The van der Waals surface area contributed by atoms with Gasteiger partial charge in [-0.25, -0.2) is 4.98 Å². The minimum Gasteiger partial charge on any atom is -0.339 e. The lowest BCUT2D eigenvalue weighted by Gasteiger charge is -2.30. The van der Waals surface area contributed by atoms with Gasteiger partial charge in [0.25, 0.3) is 0 Å². The molecule has 33 heavy (non-hydrogen) atoms. The average Bonchev–Trinajstić information content (AvgIpc) is 2.72. The fourth-order valence-electron chi connectivity index (χ4n) is 3.98. The Balaban J connectivity index is 1.74. The van der Waals surface area contributed by atoms with E-state index in [1.54, 1.807) is 0 Å². The fourth-order valence-corrected chi connectivity index (χ4v) is 3.98. The number of halogens is 3. The van der Waals surface area contributed by atoms with Crippen LogP contribution in [-0.4, -0.2) is 15.8 Å². The zero-order valence-electron chi connectivity index (χ0n) is 18.7. The molecule has 0 bridgehead atoms.